The first kappa shape index (κ1) is 17.2. The van der Waals surface area contributed by atoms with E-state index in [-0.39, 0.29) is 11.9 Å². The fraction of sp³-hybridized carbons (Fsp3) is 0.350. The zero-order chi connectivity index (χ0) is 16.7. The fourth-order valence-electron chi connectivity index (χ4n) is 2.67. The molecule has 3 heteroatoms. The maximum absolute atomic E-state index is 12.1. The van der Waals surface area contributed by atoms with E-state index in [1.165, 1.54) is 11.1 Å². The van der Waals surface area contributed by atoms with Crippen molar-refractivity contribution < 1.29 is 4.79 Å². The Bertz CT molecular complexity index is 623. The summed E-state index contributed by atoms with van der Waals surface area (Å²) in [7, 11) is 0. The predicted octanol–water partition coefficient (Wildman–Crippen LogP) is 3.60. The number of carbonyl (C=O) groups is 1. The summed E-state index contributed by atoms with van der Waals surface area (Å²) in [6.45, 7) is 7.28. The van der Waals surface area contributed by atoms with E-state index in [0.29, 0.717) is 19.0 Å². The van der Waals surface area contributed by atoms with E-state index in [1.807, 2.05) is 36.4 Å². The Hall–Kier alpha value is -2.13. The second-order valence-corrected chi connectivity index (χ2v) is 6.22. The van der Waals surface area contributed by atoms with Gasteiger partial charge in [0, 0.05) is 12.6 Å². The Morgan fingerprint density at radius 2 is 1.65 bits per heavy atom. The molecule has 3 nitrogen and oxygen atoms in total. The second kappa shape index (κ2) is 8.49. The monoisotopic (exact) mass is 310 g/mol. The molecule has 0 aliphatic carbocycles. The van der Waals surface area contributed by atoms with Gasteiger partial charge in [0.25, 0.3) is 0 Å². The highest BCUT2D eigenvalue weighted by molar-refractivity contribution is 5.78. The van der Waals surface area contributed by atoms with Crippen LogP contribution in [0.4, 0.5) is 0 Å². The molecule has 0 saturated heterocycles. The van der Waals surface area contributed by atoms with Crippen molar-refractivity contribution in [2.75, 3.05) is 6.54 Å². The lowest BCUT2D eigenvalue weighted by molar-refractivity contribution is -0.120. The number of hydrogen-bond acceptors (Lipinski definition) is 2. The highest BCUT2D eigenvalue weighted by atomic mass is 16.1. The van der Waals surface area contributed by atoms with Crippen LogP contribution in [-0.4, -0.2) is 12.5 Å². The molecule has 122 valence electrons. The van der Waals surface area contributed by atoms with Crippen LogP contribution in [0.25, 0.3) is 0 Å². The number of nitrogens with one attached hydrogen (secondary N) is 2. The van der Waals surface area contributed by atoms with Crippen molar-refractivity contribution in [3.8, 4) is 0 Å². The zero-order valence-corrected chi connectivity index (χ0v) is 14.2. The van der Waals surface area contributed by atoms with Gasteiger partial charge in [-0.3, -0.25) is 4.79 Å². The van der Waals surface area contributed by atoms with Gasteiger partial charge in [-0.25, -0.2) is 0 Å². The van der Waals surface area contributed by atoms with E-state index in [9.17, 15) is 4.79 Å². The summed E-state index contributed by atoms with van der Waals surface area (Å²) in [5.74, 6) is 0.441. The predicted molar refractivity (Wildman–Crippen MR) is 95.0 cm³/mol. The van der Waals surface area contributed by atoms with Crippen LogP contribution in [0, 0.1) is 12.8 Å². The normalized spacial score (nSPS) is 12.2. The van der Waals surface area contributed by atoms with E-state index >= 15 is 0 Å². The summed E-state index contributed by atoms with van der Waals surface area (Å²) >= 11 is 0. The fourth-order valence-corrected chi connectivity index (χ4v) is 2.67. The van der Waals surface area contributed by atoms with E-state index in [0.717, 1.165) is 5.56 Å². The van der Waals surface area contributed by atoms with Gasteiger partial charge in [0.2, 0.25) is 5.91 Å². The molecule has 0 fully saturated rings. The number of hydrogen-bond donors (Lipinski definition) is 2. The summed E-state index contributed by atoms with van der Waals surface area (Å²) < 4.78 is 0. The van der Waals surface area contributed by atoms with E-state index in [1.54, 1.807) is 0 Å². The van der Waals surface area contributed by atoms with Crippen LogP contribution in [0.2, 0.25) is 0 Å². The van der Waals surface area contributed by atoms with Crippen molar-refractivity contribution in [1.82, 2.24) is 10.6 Å². The van der Waals surface area contributed by atoms with Crippen LogP contribution in [0.3, 0.4) is 0 Å². The molecule has 0 radical (unpaired) electrons. The molecule has 0 bridgehead atoms. The first-order valence-electron chi connectivity index (χ1n) is 8.17. The van der Waals surface area contributed by atoms with Gasteiger partial charge in [-0.1, -0.05) is 68.4 Å². The van der Waals surface area contributed by atoms with Gasteiger partial charge in [-0.15, -0.1) is 0 Å². The van der Waals surface area contributed by atoms with E-state index in [4.69, 9.17) is 0 Å². The molecule has 0 unspecified atom stereocenters. The molecular weight excluding hydrogens is 284 g/mol. The molecule has 2 aromatic carbocycles. The zero-order valence-electron chi connectivity index (χ0n) is 14.2. The van der Waals surface area contributed by atoms with Crippen molar-refractivity contribution in [3.63, 3.8) is 0 Å². The summed E-state index contributed by atoms with van der Waals surface area (Å²) in [5.41, 5.74) is 3.57. The average Bonchev–Trinajstić information content (AvgIpc) is 2.55. The minimum absolute atomic E-state index is 0.0230. The molecule has 0 heterocycles. The van der Waals surface area contributed by atoms with Crippen LogP contribution in [0.1, 0.15) is 36.6 Å². The van der Waals surface area contributed by atoms with Gasteiger partial charge >= 0.3 is 0 Å². The second-order valence-electron chi connectivity index (χ2n) is 6.22. The van der Waals surface area contributed by atoms with Gasteiger partial charge in [0.15, 0.2) is 0 Å². The third-order valence-corrected chi connectivity index (χ3v) is 4.05. The highest BCUT2D eigenvalue weighted by Crippen LogP contribution is 2.20. The first-order chi connectivity index (χ1) is 11.1. The van der Waals surface area contributed by atoms with Crippen molar-refractivity contribution in [2.24, 2.45) is 5.92 Å². The van der Waals surface area contributed by atoms with Crippen LogP contribution in [-0.2, 0) is 11.3 Å². The Labute approximate surface area is 139 Å². The minimum atomic E-state index is 0.0230. The summed E-state index contributed by atoms with van der Waals surface area (Å²) in [5, 5.41) is 6.36. The molecular formula is C20H26N2O. The van der Waals surface area contributed by atoms with Crippen molar-refractivity contribution in [1.29, 1.82) is 0 Å². The number of carbonyl (C=O) groups excluding carboxylic acids is 1. The van der Waals surface area contributed by atoms with Gasteiger partial charge in [-0.2, -0.15) is 0 Å². The number of rotatable bonds is 7. The molecule has 0 aromatic heterocycles. The minimum Gasteiger partial charge on any atom is -0.351 e. The molecule has 0 saturated carbocycles. The molecule has 1 atom stereocenters. The van der Waals surface area contributed by atoms with Crippen molar-refractivity contribution in [3.05, 3.63) is 71.3 Å². The van der Waals surface area contributed by atoms with Gasteiger partial charge in [-0.05, 0) is 29.5 Å². The Morgan fingerprint density at radius 3 is 2.30 bits per heavy atom. The van der Waals surface area contributed by atoms with Crippen molar-refractivity contribution in [2.45, 2.75) is 33.4 Å². The lowest BCUT2D eigenvalue weighted by atomic mass is 9.96. The highest BCUT2D eigenvalue weighted by Gasteiger charge is 2.16. The molecule has 2 aromatic rings. The molecule has 23 heavy (non-hydrogen) atoms. The smallest absolute Gasteiger partial charge is 0.234 e. The Balaban J connectivity index is 1.86. The van der Waals surface area contributed by atoms with Crippen LogP contribution >= 0.6 is 0 Å². The lowest BCUT2D eigenvalue weighted by Crippen LogP contribution is -2.37. The average molecular weight is 310 g/mol. The Kier molecular flexibility index (Phi) is 6.36. The lowest BCUT2D eigenvalue weighted by Gasteiger charge is -2.22. The van der Waals surface area contributed by atoms with Crippen LogP contribution in [0.15, 0.2) is 54.6 Å². The topological polar surface area (TPSA) is 41.1 Å². The van der Waals surface area contributed by atoms with E-state index in [2.05, 4.69) is 49.6 Å². The van der Waals surface area contributed by atoms with E-state index < -0.39 is 0 Å². The summed E-state index contributed by atoms with van der Waals surface area (Å²) in [6, 6.07) is 18.6. The van der Waals surface area contributed by atoms with Gasteiger partial charge in [0.1, 0.15) is 0 Å². The number of aryl methyl sites for hydroxylation is 1. The van der Waals surface area contributed by atoms with Crippen LogP contribution in [0.5, 0.6) is 0 Å². The summed E-state index contributed by atoms with van der Waals surface area (Å²) in [4.78, 5) is 12.1. The molecule has 0 spiro atoms. The van der Waals surface area contributed by atoms with Gasteiger partial charge in [0.05, 0.1) is 6.54 Å². The Morgan fingerprint density at radius 1 is 1.00 bits per heavy atom. The largest absolute Gasteiger partial charge is 0.351 e. The summed E-state index contributed by atoms with van der Waals surface area (Å²) in [6.07, 6.45) is 0. The maximum atomic E-state index is 12.1. The SMILES string of the molecule is Cc1ccccc1CNC(=O)CN[C@@H](c1ccccc1)C(C)C. The molecule has 0 aliphatic heterocycles. The van der Waals surface area contributed by atoms with Crippen molar-refractivity contribution >= 4 is 5.91 Å². The quantitative estimate of drug-likeness (QED) is 0.820. The maximum Gasteiger partial charge on any atom is 0.234 e. The first-order valence-corrected chi connectivity index (χ1v) is 8.17. The van der Waals surface area contributed by atoms with Crippen LogP contribution < -0.4 is 10.6 Å². The third-order valence-electron chi connectivity index (χ3n) is 4.05. The van der Waals surface area contributed by atoms with Gasteiger partial charge < -0.3 is 10.6 Å². The number of amides is 1. The molecule has 0 aliphatic rings. The molecule has 1 amide bonds. The third kappa shape index (κ3) is 5.22. The molecule has 2 N–H and O–H groups in total. The standard InChI is InChI=1S/C20H26N2O/c1-15(2)20(17-10-5-4-6-11-17)22-14-19(23)21-13-18-12-8-7-9-16(18)3/h4-12,15,20,22H,13-14H2,1-3H3,(H,21,23)/t20-/m1/s1. The molecule has 2 rings (SSSR count). The number of benzene rings is 2.